The maximum absolute atomic E-state index is 4.47. The maximum atomic E-state index is 4.47. The summed E-state index contributed by atoms with van der Waals surface area (Å²) < 4.78 is 1.95. The molecule has 0 bridgehead atoms. The van der Waals surface area contributed by atoms with Crippen molar-refractivity contribution < 1.29 is 0 Å². The largest absolute Gasteiger partial charge is 0.302 e. The summed E-state index contributed by atoms with van der Waals surface area (Å²) in [7, 11) is 2.20. The van der Waals surface area contributed by atoms with Crippen LogP contribution in [0.3, 0.4) is 0 Å². The van der Waals surface area contributed by atoms with Crippen LogP contribution in [0.25, 0.3) is 5.69 Å². The van der Waals surface area contributed by atoms with Gasteiger partial charge in [0.15, 0.2) is 0 Å². The summed E-state index contributed by atoms with van der Waals surface area (Å²) in [6.45, 7) is 5.82. The molecule has 0 aliphatic carbocycles. The lowest BCUT2D eigenvalue weighted by Crippen LogP contribution is -2.36. The van der Waals surface area contributed by atoms with Crippen LogP contribution in [-0.4, -0.2) is 52.8 Å². The number of benzene rings is 1. The van der Waals surface area contributed by atoms with Gasteiger partial charge in [0.25, 0.3) is 0 Å². The first kappa shape index (κ1) is 15.3. The van der Waals surface area contributed by atoms with Gasteiger partial charge in [-0.1, -0.05) is 24.6 Å². The molecule has 1 aromatic carbocycles. The minimum atomic E-state index is 0.959. The summed E-state index contributed by atoms with van der Waals surface area (Å²) in [6.07, 6.45) is 8.25. The van der Waals surface area contributed by atoms with E-state index in [1.807, 2.05) is 29.1 Å². The van der Waals surface area contributed by atoms with Gasteiger partial charge in [-0.2, -0.15) is 5.10 Å². The summed E-state index contributed by atoms with van der Waals surface area (Å²) in [5, 5.41) is 4.47. The number of aromatic nitrogens is 2. The van der Waals surface area contributed by atoms with Gasteiger partial charge in [0, 0.05) is 31.4 Å². The number of likely N-dealkylation sites (N-methyl/N-ethyl adjacent to an activating group) is 1. The molecule has 2 heterocycles. The number of likely N-dealkylation sites (tertiary alicyclic amines) is 1. The molecule has 0 N–H and O–H groups in total. The fourth-order valence-corrected chi connectivity index (χ4v) is 3.05. The lowest BCUT2D eigenvalue weighted by Gasteiger charge is -2.28. The Labute approximate surface area is 133 Å². The normalized spacial score (nSPS) is 16.3. The van der Waals surface area contributed by atoms with E-state index >= 15 is 0 Å². The Hall–Kier alpha value is -1.65. The molecule has 118 valence electrons. The predicted molar refractivity (Wildman–Crippen MR) is 90.2 cm³/mol. The fourth-order valence-electron chi connectivity index (χ4n) is 3.05. The SMILES string of the molecule is CN(CCN1CCCCC1)Cc1cnn(-c2ccccc2)c1. The van der Waals surface area contributed by atoms with E-state index in [9.17, 15) is 0 Å². The second-order valence-electron chi connectivity index (χ2n) is 6.27. The molecule has 1 aromatic heterocycles. The molecule has 0 unspecified atom stereocenters. The molecule has 0 spiro atoms. The third kappa shape index (κ3) is 4.18. The van der Waals surface area contributed by atoms with Crippen LogP contribution in [0, 0.1) is 0 Å². The molecule has 0 radical (unpaired) electrons. The Morgan fingerprint density at radius 3 is 2.64 bits per heavy atom. The van der Waals surface area contributed by atoms with Crippen molar-refractivity contribution >= 4 is 0 Å². The fraction of sp³-hybridized carbons (Fsp3) is 0.500. The van der Waals surface area contributed by atoms with Crippen LogP contribution in [0.15, 0.2) is 42.7 Å². The van der Waals surface area contributed by atoms with E-state index in [4.69, 9.17) is 0 Å². The van der Waals surface area contributed by atoms with Crippen LogP contribution >= 0.6 is 0 Å². The first-order valence-corrected chi connectivity index (χ1v) is 8.31. The average molecular weight is 298 g/mol. The van der Waals surface area contributed by atoms with E-state index < -0.39 is 0 Å². The van der Waals surface area contributed by atoms with Crippen LogP contribution in [0.4, 0.5) is 0 Å². The van der Waals surface area contributed by atoms with Crippen LogP contribution in [-0.2, 0) is 6.54 Å². The summed E-state index contributed by atoms with van der Waals surface area (Å²) in [4.78, 5) is 4.98. The highest BCUT2D eigenvalue weighted by atomic mass is 15.3. The lowest BCUT2D eigenvalue weighted by atomic mass is 10.1. The molecular weight excluding hydrogens is 272 g/mol. The molecule has 0 atom stereocenters. The molecule has 4 heteroatoms. The van der Waals surface area contributed by atoms with E-state index in [0.29, 0.717) is 0 Å². The highest BCUT2D eigenvalue weighted by molar-refractivity contribution is 5.30. The highest BCUT2D eigenvalue weighted by Gasteiger charge is 2.11. The molecule has 1 saturated heterocycles. The van der Waals surface area contributed by atoms with Crippen molar-refractivity contribution in [3.05, 3.63) is 48.3 Å². The van der Waals surface area contributed by atoms with Gasteiger partial charge in [0.2, 0.25) is 0 Å². The number of piperidine rings is 1. The summed E-state index contributed by atoms with van der Waals surface area (Å²) in [5.74, 6) is 0. The lowest BCUT2D eigenvalue weighted by molar-refractivity contribution is 0.194. The Morgan fingerprint density at radius 1 is 1.09 bits per heavy atom. The minimum Gasteiger partial charge on any atom is -0.302 e. The maximum Gasteiger partial charge on any atom is 0.0645 e. The molecule has 1 aliphatic rings. The molecule has 1 fully saturated rings. The number of para-hydroxylation sites is 1. The summed E-state index contributed by atoms with van der Waals surface area (Å²) in [5.41, 5.74) is 2.38. The van der Waals surface area contributed by atoms with Gasteiger partial charge in [-0.15, -0.1) is 0 Å². The minimum absolute atomic E-state index is 0.959. The molecule has 0 saturated carbocycles. The molecule has 2 aromatic rings. The second-order valence-corrected chi connectivity index (χ2v) is 6.27. The van der Waals surface area contributed by atoms with Gasteiger partial charge in [-0.25, -0.2) is 4.68 Å². The van der Waals surface area contributed by atoms with Crippen molar-refractivity contribution in [2.45, 2.75) is 25.8 Å². The third-order valence-electron chi connectivity index (χ3n) is 4.36. The highest BCUT2D eigenvalue weighted by Crippen LogP contribution is 2.10. The third-order valence-corrected chi connectivity index (χ3v) is 4.36. The van der Waals surface area contributed by atoms with E-state index in [1.165, 1.54) is 44.5 Å². The first-order valence-electron chi connectivity index (χ1n) is 8.31. The van der Waals surface area contributed by atoms with Crippen molar-refractivity contribution in [2.24, 2.45) is 0 Å². The monoisotopic (exact) mass is 298 g/mol. The average Bonchev–Trinajstić information content (AvgIpc) is 3.03. The number of rotatable bonds is 6. The summed E-state index contributed by atoms with van der Waals surface area (Å²) in [6, 6.07) is 10.3. The molecular formula is C18H26N4. The smallest absolute Gasteiger partial charge is 0.0645 e. The van der Waals surface area contributed by atoms with Crippen molar-refractivity contribution in [1.82, 2.24) is 19.6 Å². The standard InChI is InChI=1S/C18H26N4/c1-20(12-13-21-10-6-3-7-11-21)15-17-14-19-22(16-17)18-8-4-2-5-9-18/h2,4-5,8-9,14,16H,3,6-7,10-13,15H2,1H3. The molecule has 4 nitrogen and oxygen atoms in total. The van der Waals surface area contributed by atoms with Crippen LogP contribution in [0.2, 0.25) is 0 Å². The molecule has 0 amide bonds. The van der Waals surface area contributed by atoms with Gasteiger partial charge >= 0.3 is 0 Å². The zero-order valence-electron chi connectivity index (χ0n) is 13.5. The van der Waals surface area contributed by atoms with Gasteiger partial charge < -0.3 is 9.80 Å². The molecule has 22 heavy (non-hydrogen) atoms. The van der Waals surface area contributed by atoms with E-state index in [0.717, 1.165) is 18.8 Å². The Kier molecular flexibility index (Phi) is 5.24. The Bertz CT molecular complexity index is 557. The summed E-state index contributed by atoms with van der Waals surface area (Å²) >= 11 is 0. The van der Waals surface area contributed by atoms with Gasteiger partial charge in [-0.3, -0.25) is 0 Å². The topological polar surface area (TPSA) is 24.3 Å². The molecule has 1 aliphatic heterocycles. The van der Waals surface area contributed by atoms with Crippen LogP contribution in [0.1, 0.15) is 24.8 Å². The van der Waals surface area contributed by atoms with E-state index in [2.05, 4.69) is 40.3 Å². The van der Waals surface area contributed by atoms with Crippen molar-refractivity contribution in [3.8, 4) is 5.69 Å². The number of hydrogen-bond acceptors (Lipinski definition) is 3. The van der Waals surface area contributed by atoms with Gasteiger partial charge in [0.1, 0.15) is 0 Å². The quantitative estimate of drug-likeness (QED) is 0.819. The van der Waals surface area contributed by atoms with Crippen LogP contribution < -0.4 is 0 Å². The van der Waals surface area contributed by atoms with E-state index in [-0.39, 0.29) is 0 Å². The predicted octanol–water partition coefficient (Wildman–Crippen LogP) is 2.79. The van der Waals surface area contributed by atoms with Crippen molar-refractivity contribution in [3.63, 3.8) is 0 Å². The first-order chi connectivity index (χ1) is 10.8. The van der Waals surface area contributed by atoms with E-state index in [1.54, 1.807) is 0 Å². The zero-order valence-corrected chi connectivity index (χ0v) is 13.5. The van der Waals surface area contributed by atoms with Gasteiger partial charge in [-0.05, 0) is 45.1 Å². The number of nitrogens with zero attached hydrogens (tertiary/aromatic N) is 4. The Morgan fingerprint density at radius 2 is 1.86 bits per heavy atom. The zero-order chi connectivity index (χ0) is 15.2. The van der Waals surface area contributed by atoms with Gasteiger partial charge in [0.05, 0.1) is 11.9 Å². The van der Waals surface area contributed by atoms with Crippen molar-refractivity contribution in [1.29, 1.82) is 0 Å². The number of hydrogen-bond donors (Lipinski definition) is 0. The van der Waals surface area contributed by atoms with Crippen molar-refractivity contribution in [2.75, 3.05) is 33.2 Å². The Balaban J connectivity index is 1.49. The molecule has 3 rings (SSSR count). The van der Waals surface area contributed by atoms with Crippen LogP contribution in [0.5, 0.6) is 0 Å². The second kappa shape index (κ2) is 7.56.